The first-order chi connectivity index (χ1) is 11.5. The van der Waals surface area contributed by atoms with Gasteiger partial charge in [-0.25, -0.2) is 4.68 Å². The number of benzene rings is 1. The molecule has 3 atom stereocenters. The lowest BCUT2D eigenvalue weighted by Gasteiger charge is -2.31. The van der Waals surface area contributed by atoms with Crippen LogP contribution in [0.25, 0.3) is 0 Å². The van der Waals surface area contributed by atoms with E-state index in [1.54, 1.807) is 31.2 Å². The van der Waals surface area contributed by atoms with Crippen molar-refractivity contribution in [3.8, 4) is 5.75 Å². The van der Waals surface area contributed by atoms with Crippen molar-refractivity contribution in [2.24, 2.45) is 0 Å². The molecule has 0 spiro atoms. The Morgan fingerprint density at radius 1 is 1.25 bits per heavy atom. The number of Topliss-reactive ketones (excluding diaryl/α,β-unsaturated/α-hetero) is 1. The van der Waals surface area contributed by atoms with E-state index in [2.05, 4.69) is 24.2 Å². The van der Waals surface area contributed by atoms with E-state index in [0.717, 1.165) is 18.5 Å². The molecule has 1 fully saturated rings. The van der Waals surface area contributed by atoms with Crippen LogP contribution < -0.4 is 4.74 Å². The van der Waals surface area contributed by atoms with Crippen LogP contribution in [0.3, 0.4) is 0 Å². The molecule has 128 valence electrons. The maximum atomic E-state index is 11.3. The Morgan fingerprint density at radius 3 is 2.54 bits per heavy atom. The van der Waals surface area contributed by atoms with Gasteiger partial charge in [0.15, 0.2) is 5.78 Å². The Hall–Kier alpha value is -2.21. The third-order valence-electron chi connectivity index (χ3n) is 4.25. The second-order valence-corrected chi connectivity index (χ2v) is 6.44. The summed E-state index contributed by atoms with van der Waals surface area (Å²) < 4.78 is 13.4. The molecule has 0 aliphatic carbocycles. The largest absolute Gasteiger partial charge is 0.487 e. The average Bonchev–Trinajstić information content (AvgIpc) is 3.01. The molecule has 1 aliphatic rings. The number of hydrogen-bond acceptors (Lipinski definition) is 5. The third-order valence-corrected chi connectivity index (χ3v) is 4.25. The lowest BCUT2D eigenvalue weighted by atomic mass is 10.0. The summed E-state index contributed by atoms with van der Waals surface area (Å²) in [4.78, 5) is 11.3. The summed E-state index contributed by atoms with van der Waals surface area (Å²) in [5.41, 5.74) is 1.47. The van der Waals surface area contributed by atoms with Gasteiger partial charge in [0.25, 0.3) is 0 Å². The third kappa shape index (κ3) is 4.00. The van der Waals surface area contributed by atoms with E-state index in [0.29, 0.717) is 24.0 Å². The molecule has 1 saturated heterocycles. The molecule has 1 aliphatic heterocycles. The highest BCUT2D eigenvalue weighted by Gasteiger charge is 2.26. The van der Waals surface area contributed by atoms with Crippen molar-refractivity contribution in [2.75, 3.05) is 0 Å². The summed E-state index contributed by atoms with van der Waals surface area (Å²) in [5.74, 6) is 0.757. The van der Waals surface area contributed by atoms with E-state index in [1.165, 1.54) is 0 Å². The van der Waals surface area contributed by atoms with Crippen molar-refractivity contribution in [3.05, 3.63) is 41.7 Å². The van der Waals surface area contributed by atoms with Crippen LogP contribution in [0.4, 0.5) is 0 Å². The molecular formula is C18H23N3O3. The fourth-order valence-corrected chi connectivity index (χ4v) is 3.09. The highest BCUT2D eigenvalue weighted by molar-refractivity contribution is 5.94. The van der Waals surface area contributed by atoms with Gasteiger partial charge in [-0.1, -0.05) is 5.21 Å². The SMILES string of the molecule is CC(=O)c1ccc(OCc2cn(C3C[C@@H](C)O[C@@H](C)C3)nn2)cc1. The molecule has 1 aromatic carbocycles. The Bertz CT molecular complexity index is 686. The van der Waals surface area contributed by atoms with Gasteiger partial charge < -0.3 is 9.47 Å². The van der Waals surface area contributed by atoms with Gasteiger partial charge in [0.1, 0.15) is 18.1 Å². The average molecular weight is 329 g/mol. The van der Waals surface area contributed by atoms with Crippen LogP contribution in [-0.2, 0) is 11.3 Å². The summed E-state index contributed by atoms with van der Waals surface area (Å²) in [6, 6.07) is 7.44. The smallest absolute Gasteiger partial charge is 0.159 e. The predicted octanol–water partition coefficient (Wildman–Crippen LogP) is 3.19. The first-order valence-electron chi connectivity index (χ1n) is 8.31. The van der Waals surface area contributed by atoms with E-state index in [-0.39, 0.29) is 18.0 Å². The molecule has 0 bridgehead atoms. The van der Waals surface area contributed by atoms with Crippen molar-refractivity contribution in [3.63, 3.8) is 0 Å². The number of ketones is 1. The lowest BCUT2D eigenvalue weighted by molar-refractivity contribution is -0.0509. The second-order valence-electron chi connectivity index (χ2n) is 6.44. The van der Waals surface area contributed by atoms with E-state index in [9.17, 15) is 4.79 Å². The Morgan fingerprint density at radius 2 is 1.92 bits per heavy atom. The van der Waals surface area contributed by atoms with Crippen molar-refractivity contribution in [1.82, 2.24) is 15.0 Å². The minimum absolute atomic E-state index is 0.0458. The molecule has 6 nitrogen and oxygen atoms in total. The molecule has 3 rings (SSSR count). The van der Waals surface area contributed by atoms with E-state index in [1.807, 2.05) is 10.9 Å². The molecule has 2 aromatic rings. The summed E-state index contributed by atoms with van der Waals surface area (Å²) in [6.45, 7) is 6.09. The molecule has 1 unspecified atom stereocenters. The van der Waals surface area contributed by atoms with Crippen LogP contribution in [0.5, 0.6) is 5.75 Å². The van der Waals surface area contributed by atoms with E-state index in [4.69, 9.17) is 9.47 Å². The van der Waals surface area contributed by atoms with Crippen LogP contribution in [-0.4, -0.2) is 33.0 Å². The van der Waals surface area contributed by atoms with Crippen LogP contribution >= 0.6 is 0 Å². The topological polar surface area (TPSA) is 66.2 Å². The van der Waals surface area contributed by atoms with E-state index < -0.39 is 0 Å². The lowest BCUT2D eigenvalue weighted by Crippen LogP contribution is -2.31. The van der Waals surface area contributed by atoms with Crippen molar-refractivity contribution in [2.45, 2.75) is 58.5 Å². The molecule has 24 heavy (non-hydrogen) atoms. The van der Waals surface area contributed by atoms with Gasteiger partial charge >= 0.3 is 0 Å². The number of ether oxygens (including phenoxy) is 2. The Labute approximate surface area is 141 Å². The molecule has 0 saturated carbocycles. The van der Waals surface area contributed by atoms with Crippen LogP contribution in [0.15, 0.2) is 30.5 Å². The molecule has 2 heterocycles. The number of rotatable bonds is 5. The van der Waals surface area contributed by atoms with Gasteiger partial charge in [-0.15, -0.1) is 5.10 Å². The zero-order valence-corrected chi connectivity index (χ0v) is 14.3. The fraction of sp³-hybridized carbons (Fsp3) is 0.500. The van der Waals surface area contributed by atoms with Gasteiger partial charge in [-0.2, -0.15) is 0 Å². The van der Waals surface area contributed by atoms with Gasteiger partial charge in [-0.05, 0) is 57.9 Å². The summed E-state index contributed by atoms with van der Waals surface area (Å²) >= 11 is 0. The van der Waals surface area contributed by atoms with E-state index >= 15 is 0 Å². The predicted molar refractivity (Wildman–Crippen MR) is 89.1 cm³/mol. The normalized spacial score (nSPS) is 23.9. The van der Waals surface area contributed by atoms with Crippen LogP contribution in [0, 0.1) is 0 Å². The summed E-state index contributed by atoms with van der Waals surface area (Å²) in [5, 5.41) is 8.44. The maximum Gasteiger partial charge on any atom is 0.159 e. The quantitative estimate of drug-likeness (QED) is 0.788. The van der Waals surface area contributed by atoms with Crippen LogP contribution in [0.2, 0.25) is 0 Å². The summed E-state index contributed by atoms with van der Waals surface area (Å²) in [7, 11) is 0. The standard InChI is InChI=1S/C18H23N3O3/c1-12-8-17(9-13(2)24-12)21-10-16(19-20-21)11-23-18-6-4-15(5-7-18)14(3)22/h4-7,10,12-13,17H,8-9,11H2,1-3H3/t12-,13+,17?. The molecule has 0 N–H and O–H groups in total. The maximum absolute atomic E-state index is 11.3. The molecule has 0 radical (unpaired) electrons. The highest BCUT2D eigenvalue weighted by Crippen LogP contribution is 2.28. The molecule has 6 heteroatoms. The summed E-state index contributed by atoms with van der Waals surface area (Å²) in [6.07, 6.45) is 4.31. The second kappa shape index (κ2) is 7.13. The Balaban J connectivity index is 1.59. The van der Waals surface area contributed by atoms with Crippen molar-refractivity contribution in [1.29, 1.82) is 0 Å². The van der Waals surface area contributed by atoms with Gasteiger partial charge in [0, 0.05) is 5.56 Å². The number of carbonyl (C=O) groups excluding carboxylic acids is 1. The minimum Gasteiger partial charge on any atom is -0.487 e. The first kappa shape index (κ1) is 16.6. The number of carbonyl (C=O) groups is 1. The monoisotopic (exact) mass is 329 g/mol. The fourth-order valence-electron chi connectivity index (χ4n) is 3.09. The van der Waals surface area contributed by atoms with Gasteiger partial charge in [0.05, 0.1) is 24.4 Å². The highest BCUT2D eigenvalue weighted by atomic mass is 16.5. The molecule has 1 aromatic heterocycles. The van der Waals surface area contributed by atoms with Gasteiger partial charge in [-0.3, -0.25) is 4.79 Å². The minimum atomic E-state index is 0.0458. The van der Waals surface area contributed by atoms with Crippen molar-refractivity contribution >= 4 is 5.78 Å². The number of aromatic nitrogens is 3. The number of hydrogen-bond donors (Lipinski definition) is 0. The zero-order chi connectivity index (χ0) is 17.1. The number of nitrogens with zero attached hydrogens (tertiary/aromatic N) is 3. The van der Waals surface area contributed by atoms with Crippen LogP contribution in [0.1, 0.15) is 55.7 Å². The van der Waals surface area contributed by atoms with Crippen molar-refractivity contribution < 1.29 is 14.3 Å². The Kier molecular flexibility index (Phi) is 4.94. The molecule has 0 amide bonds. The molecular weight excluding hydrogens is 306 g/mol. The first-order valence-corrected chi connectivity index (χ1v) is 8.31. The zero-order valence-electron chi connectivity index (χ0n) is 14.3. The van der Waals surface area contributed by atoms with Gasteiger partial charge in [0.2, 0.25) is 0 Å².